The Morgan fingerprint density at radius 1 is 1.10 bits per heavy atom. The van der Waals surface area contributed by atoms with Crippen molar-refractivity contribution in [3.8, 4) is 5.75 Å². The summed E-state index contributed by atoms with van der Waals surface area (Å²) in [5.74, 6) is -0.778. The number of nitrogens with two attached hydrogens (primary N) is 1. The fraction of sp³-hybridized carbons (Fsp3) is 0.333. The van der Waals surface area contributed by atoms with Crippen LogP contribution in [0.5, 0.6) is 5.75 Å². The van der Waals surface area contributed by atoms with E-state index in [0.717, 1.165) is 42.1 Å². The maximum atomic E-state index is 11.8. The molecule has 1 aliphatic carbocycles. The van der Waals surface area contributed by atoms with Gasteiger partial charge >= 0.3 is 5.97 Å². The zero-order valence-electron chi connectivity index (χ0n) is 16.8. The molecule has 6 heteroatoms. The summed E-state index contributed by atoms with van der Waals surface area (Å²) in [5, 5.41) is 10.0. The van der Waals surface area contributed by atoms with Crippen molar-refractivity contribution in [1.82, 2.24) is 4.57 Å². The third-order valence-electron chi connectivity index (χ3n) is 5.81. The lowest BCUT2D eigenvalue weighted by atomic mass is 9.90. The highest BCUT2D eigenvalue weighted by molar-refractivity contribution is 5.93. The van der Waals surface area contributed by atoms with Crippen LogP contribution in [0.4, 0.5) is 0 Å². The molecule has 1 amide bonds. The van der Waals surface area contributed by atoms with Gasteiger partial charge in [0.2, 0.25) is 5.91 Å². The second-order valence-electron chi connectivity index (χ2n) is 7.88. The van der Waals surface area contributed by atoms with Crippen LogP contribution in [0.2, 0.25) is 0 Å². The molecule has 2 aromatic carbocycles. The van der Waals surface area contributed by atoms with Crippen LogP contribution >= 0.6 is 0 Å². The number of primary amides is 1. The fourth-order valence-electron chi connectivity index (χ4n) is 4.64. The van der Waals surface area contributed by atoms with Crippen LogP contribution in [0.15, 0.2) is 48.5 Å². The number of benzene rings is 2. The quantitative estimate of drug-likeness (QED) is 0.583. The molecule has 0 saturated heterocycles. The van der Waals surface area contributed by atoms with E-state index in [4.69, 9.17) is 15.6 Å². The maximum absolute atomic E-state index is 11.8. The first-order valence-electron chi connectivity index (χ1n) is 10.4. The molecule has 156 valence electrons. The van der Waals surface area contributed by atoms with E-state index in [2.05, 4.69) is 16.7 Å². The van der Waals surface area contributed by atoms with Gasteiger partial charge < -0.3 is 20.1 Å². The molecule has 0 fully saturated rings. The Balaban J connectivity index is 1.92. The van der Waals surface area contributed by atoms with Crippen LogP contribution < -0.4 is 10.5 Å². The fourth-order valence-corrected chi connectivity index (χ4v) is 4.64. The van der Waals surface area contributed by atoms with E-state index in [9.17, 15) is 9.59 Å². The van der Waals surface area contributed by atoms with Gasteiger partial charge in [-0.2, -0.15) is 0 Å². The molecule has 0 radical (unpaired) electrons. The average Bonchev–Trinajstić information content (AvgIpc) is 2.88. The number of nitrogens with zero attached hydrogens (tertiary/aromatic N) is 1. The van der Waals surface area contributed by atoms with E-state index in [1.165, 1.54) is 11.3 Å². The summed E-state index contributed by atoms with van der Waals surface area (Å²) in [7, 11) is 0. The minimum atomic E-state index is -1.02. The number of amides is 1. The molecule has 0 saturated carbocycles. The number of ether oxygens (including phenoxy) is 1. The summed E-state index contributed by atoms with van der Waals surface area (Å²) < 4.78 is 7.97. The molecule has 4 rings (SSSR count). The molecule has 1 heterocycles. The summed E-state index contributed by atoms with van der Waals surface area (Å²) in [5.41, 5.74) is 10.1. The van der Waals surface area contributed by atoms with Gasteiger partial charge in [-0.25, -0.2) is 4.79 Å². The van der Waals surface area contributed by atoms with E-state index in [1.807, 2.05) is 36.4 Å². The second kappa shape index (κ2) is 8.61. The van der Waals surface area contributed by atoms with Crippen LogP contribution in [0, 0.1) is 0 Å². The number of carboxylic acids is 1. The lowest BCUT2D eigenvalue weighted by Crippen LogP contribution is -2.16. The zero-order chi connectivity index (χ0) is 21.1. The Labute approximate surface area is 175 Å². The van der Waals surface area contributed by atoms with Crippen LogP contribution in [-0.4, -0.2) is 28.2 Å². The van der Waals surface area contributed by atoms with Gasteiger partial charge in [0.1, 0.15) is 5.75 Å². The van der Waals surface area contributed by atoms with Crippen molar-refractivity contribution in [3.63, 3.8) is 0 Å². The van der Waals surface area contributed by atoms with E-state index < -0.39 is 12.6 Å². The average molecular weight is 406 g/mol. The monoisotopic (exact) mass is 406 g/mol. The molecule has 6 nitrogen and oxygen atoms in total. The van der Waals surface area contributed by atoms with Crippen LogP contribution in [-0.2, 0) is 22.6 Å². The van der Waals surface area contributed by atoms with Crippen molar-refractivity contribution >= 4 is 22.8 Å². The minimum Gasteiger partial charge on any atom is -0.481 e. The summed E-state index contributed by atoms with van der Waals surface area (Å²) in [6.07, 6.45) is 4.14. The lowest BCUT2D eigenvalue weighted by molar-refractivity contribution is -0.139. The number of carbonyl (C=O) groups is 2. The van der Waals surface area contributed by atoms with Crippen molar-refractivity contribution in [2.24, 2.45) is 5.73 Å². The Hall–Kier alpha value is -3.28. The van der Waals surface area contributed by atoms with E-state index in [0.29, 0.717) is 12.3 Å². The standard InChI is InChI=1S/C24H26N2O4/c25-21(27)13-17-9-4-5-10-18-23(17)24-19(11-6-12-20(24)30-15-22(28)29)26(18)14-16-7-2-1-3-8-16/h1-3,6-8,11-12,17H,4-5,9-10,13-15H2,(H2,25,27)(H,28,29). The summed E-state index contributed by atoms with van der Waals surface area (Å²) in [6, 6.07) is 16.0. The molecule has 1 aromatic heterocycles. The van der Waals surface area contributed by atoms with Gasteiger partial charge in [-0.15, -0.1) is 0 Å². The van der Waals surface area contributed by atoms with Crippen molar-refractivity contribution in [2.45, 2.75) is 44.6 Å². The molecule has 1 aliphatic rings. The maximum Gasteiger partial charge on any atom is 0.341 e. The number of hydrogen-bond acceptors (Lipinski definition) is 3. The normalized spacial score (nSPS) is 16.1. The van der Waals surface area contributed by atoms with Crippen molar-refractivity contribution in [1.29, 1.82) is 0 Å². The first-order valence-corrected chi connectivity index (χ1v) is 10.4. The molecule has 3 aromatic rings. The van der Waals surface area contributed by atoms with E-state index >= 15 is 0 Å². The Morgan fingerprint density at radius 3 is 2.63 bits per heavy atom. The highest BCUT2D eigenvalue weighted by Crippen LogP contribution is 2.43. The molecule has 0 aliphatic heterocycles. The van der Waals surface area contributed by atoms with Crippen molar-refractivity contribution < 1.29 is 19.4 Å². The van der Waals surface area contributed by atoms with Crippen LogP contribution in [0.3, 0.4) is 0 Å². The Morgan fingerprint density at radius 2 is 1.90 bits per heavy atom. The number of aromatic nitrogens is 1. The van der Waals surface area contributed by atoms with Gasteiger partial charge in [0.25, 0.3) is 0 Å². The molecular weight excluding hydrogens is 380 g/mol. The minimum absolute atomic E-state index is 0.00843. The molecule has 0 spiro atoms. The number of fused-ring (bicyclic) bond motifs is 3. The van der Waals surface area contributed by atoms with Gasteiger partial charge in [-0.1, -0.05) is 42.8 Å². The lowest BCUT2D eigenvalue weighted by Gasteiger charge is -2.16. The number of carboxylic acid groups (broad SMARTS) is 1. The Bertz CT molecular complexity index is 1070. The van der Waals surface area contributed by atoms with Crippen LogP contribution in [0.1, 0.15) is 48.4 Å². The van der Waals surface area contributed by atoms with Crippen LogP contribution in [0.25, 0.3) is 10.9 Å². The van der Waals surface area contributed by atoms with Gasteiger partial charge in [0.15, 0.2) is 6.61 Å². The summed E-state index contributed by atoms with van der Waals surface area (Å²) in [6.45, 7) is 0.302. The predicted molar refractivity (Wildman–Crippen MR) is 115 cm³/mol. The largest absolute Gasteiger partial charge is 0.481 e. The highest BCUT2D eigenvalue weighted by atomic mass is 16.5. The molecule has 1 unspecified atom stereocenters. The SMILES string of the molecule is NC(=O)CC1CCCCc2c1c1c(OCC(=O)O)cccc1n2Cc1ccccc1. The first-order chi connectivity index (χ1) is 14.5. The number of hydrogen-bond donors (Lipinski definition) is 2. The smallest absolute Gasteiger partial charge is 0.341 e. The molecular formula is C24H26N2O4. The van der Waals surface area contributed by atoms with Gasteiger partial charge in [0.05, 0.1) is 5.52 Å². The van der Waals surface area contributed by atoms with E-state index in [1.54, 1.807) is 0 Å². The highest BCUT2D eigenvalue weighted by Gasteiger charge is 2.29. The summed E-state index contributed by atoms with van der Waals surface area (Å²) >= 11 is 0. The predicted octanol–water partition coefficient (Wildman–Crippen LogP) is 3.84. The molecule has 1 atom stereocenters. The van der Waals surface area contributed by atoms with Gasteiger partial charge in [0, 0.05) is 24.0 Å². The first kappa shape index (κ1) is 20.0. The second-order valence-corrected chi connectivity index (χ2v) is 7.88. The van der Waals surface area contributed by atoms with Gasteiger partial charge in [-0.3, -0.25) is 4.79 Å². The number of rotatable bonds is 7. The van der Waals surface area contributed by atoms with Crippen molar-refractivity contribution in [3.05, 3.63) is 65.4 Å². The third kappa shape index (κ3) is 4.03. The molecule has 0 bridgehead atoms. The molecule has 30 heavy (non-hydrogen) atoms. The molecule has 3 N–H and O–H groups in total. The summed E-state index contributed by atoms with van der Waals surface area (Å²) in [4.78, 5) is 22.9. The zero-order valence-corrected chi connectivity index (χ0v) is 16.8. The Kier molecular flexibility index (Phi) is 5.74. The topological polar surface area (TPSA) is 94.6 Å². The van der Waals surface area contributed by atoms with E-state index in [-0.39, 0.29) is 18.2 Å². The third-order valence-corrected chi connectivity index (χ3v) is 5.81. The number of aliphatic carboxylic acids is 1. The number of carbonyl (C=O) groups excluding carboxylic acids is 1. The van der Waals surface area contributed by atoms with Crippen molar-refractivity contribution in [2.75, 3.05) is 6.61 Å². The van der Waals surface area contributed by atoms with Gasteiger partial charge in [-0.05, 0) is 48.4 Å².